The highest BCUT2D eigenvalue weighted by molar-refractivity contribution is 7.81. The summed E-state index contributed by atoms with van der Waals surface area (Å²) in [6.45, 7) is 3.85. The zero-order valence-corrected chi connectivity index (χ0v) is 19.9. The number of alkyl carbamates (subject to hydrolysis) is 1. The summed E-state index contributed by atoms with van der Waals surface area (Å²) in [5.74, 6) is -0.965. The van der Waals surface area contributed by atoms with E-state index in [4.69, 9.17) is 9.47 Å². The van der Waals surface area contributed by atoms with Crippen LogP contribution in [0.5, 0.6) is 5.75 Å². The van der Waals surface area contributed by atoms with Gasteiger partial charge in [-0.3, -0.25) is 14.9 Å². The third-order valence-corrected chi connectivity index (χ3v) is 5.80. The molecule has 0 aliphatic carbocycles. The van der Waals surface area contributed by atoms with E-state index in [-0.39, 0.29) is 18.1 Å². The molecule has 0 aromatic heterocycles. The number of phenolic OH excluding ortho intramolecular Hbond substituents is 1. The van der Waals surface area contributed by atoms with Gasteiger partial charge in [-0.05, 0) is 30.0 Å². The molecule has 178 valence electrons. The lowest BCUT2D eigenvalue weighted by atomic mass is 9.78. The quantitative estimate of drug-likeness (QED) is 0.308. The molecule has 3 rings (SSSR count). The van der Waals surface area contributed by atoms with E-state index in [1.54, 1.807) is 48.5 Å². The van der Waals surface area contributed by atoms with E-state index in [1.165, 1.54) is 6.07 Å². The summed E-state index contributed by atoms with van der Waals surface area (Å²) in [4.78, 5) is 36.8. The van der Waals surface area contributed by atoms with Gasteiger partial charge in [0.1, 0.15) is 11.9 Å². The number of thiol groups is 1. The van der Waals surface area contributed by atoms with Crippen LogP contribution < -0.4 is 5.32 Å². The van der Waals surface area contributed by atoms with Crippen LogP contribution in [0.1, 0.15) is 42.3 Å². The molecule has 0 saturated carbocycles. The fraction of sp³-hybridized carbons (Fsp3) is 0.269. The van der Waals surface area contributed by atoms with Crippen LogP contribution in [0.25, 0.3) is 10.8 Å². The van der Waals surface area contributed by atoms with Gasteiger partial charge < -0.3 is 14.6 Å². The first-order valence-electron chi connectivity index (χ1n) is 10.8. The Morgan fingerprint density at radius 3 is 2.29 bits per heavy atom. The summed E-state index contributed by atoms with van der Waals surface area (Å²) in [5, 5.41) is 13.9. The monoisotopic (exact) mass is 481 g/mol. The molecule has 2 N–H and O–H groups in total. The van der Waals surface area contributed by atoms with Crippen LogP contribution >= 0.6 is 12.6 Å². The van der Waals surface area contributed by atoms with Crippen LogP contribution in [0, 0.1) is 5.41 Å². The number of benzene rings is 3. The standard InChI is InChI=1S/C26H27NO6S/c1-26(2,14-15-32-22(29)16-34)23(20-12-13-21(28)19-11-7-6-10-18(19)20)33-25(31)27-24(30)17-8-4-3-5-9-17/h3-13,23,28,34H,14-16H2,1-2H3,(H,27,30,31)/t23-/m1/s1. The number of esters is 1. The minimum Gasteiger partial charge on any atom is -0.507 e. The van der Waals surface area contributed by atoms with Gasteiger partial charge in [-0.1, -0.05) is 62.4 Å². The molecule has 2 amide bonds. The van der Waals surface area contributed by atoms with Gasteiger partial charge in [-0.25, -0.2) is 4.79 Å². The van der Waals surface area contributed by atoms with Gasteiger partial charge in [-0.2, -0.15) is 12.6 Å². The Labute approximate surface area is 203 Å². The van der Waals surface area contributed by atoms with Gasteiger partial charge >= 0.3 is 12.1 Å². The molecular formula is C26H27NO6S. The number of fused-ring (bicyclic) bond motifs is 1. The molecule has 0 fully saturated rings. The van der Waals surface area contributed by atoms with Crippen molar-refractivity contribution in [3.63, 3.8) is 0 Å². The van der Waals surface area contributed by atoms with E-state index in [9.17, 15) is 19.5 Å². The van der Waals surface area contributed by atoms with Crippen molar-refractivity contribution in [1.29, 1.82) is 0 Å². The van der Waals surface area contributed by atoms with E-state index in [2.05, 4.69) is 17.9 Å². The van der Waals surface area contributed by atoms with Crippen molar-refractivity contribution < 1.29 is 29.0 Å². The third-order valence-electron chi connectivity index (χ3n) is 5.54. The van der Waals surface area contributed by atoms with E-state index < -0.39 is 29.5 Å². The summed E-state index contributed by atoms with van der Waals surface area (Å²) in [5.41, 5.74) is 0.272. The smallest absolute Gasteiger partial charge is 0.414 e. The van der Waals surface area contributed by atoms with Crippen molar-refractivity contribution in [2.75, 3.05) is 12.4 Å². The average molecular weight is 482 g/mol. The van der Waals surface area contributed by atoms with Crippen LogP contribution in [0.3, 0.4) is 0 Å². The Bertz CT molecular complexity index is 1180. The lowest BCUT2D eigenvalue weighted by Crippen LogP contribution is -2.36. The molecule has 0 heterocycles. The van der Waals surface area contributed by atoms with Crippen molar-refractivity contribution >= 4 is 41.4 Å². The second-order valence-electron chi connectivity index (χ2n) is 8.44. The zero-order chi connectivity index (χ0) is 24.7. The maximum Gasteiger partial charge on any atom is 0.414 e. The van der Waals surface area contributed by atoms with E-state index in [0.29, 0.717) is 28.3 Å². The summed E-state index contributed by atoms with van der Waals surface area (Å²) < 4.78 is 11.0. The molecule has 8 heteroatoms. The molecule has 7 nitrogen and oxygen atoms in total. The van der Waals surface area contributed by atoms with Crippen LogP contribution in [0.2, 0.25) is 0 Å². The predicted octanol–water partition coefficient (Wildman–Crippen LogP) is 5.04. The zero-order valence-electron chi connectivity index (χ0n) is 19.0. The van der Waals surface area contributed by atoms with Crippen molar-refractivity contribution in [3.8, 4) is 5.75 Å². The number of hydrogen-bond donors (Lipinski definition) is 3. The van der Waals surface area contributed by atoms with Crippen LogP contribution in [-0.4, -0.2) is 35.4 Å². The molecule has 3 aromatic carbocycles. The first-order chi connectivity index (χ1) is 16.2. The predicted molar refractivity (Wildman–Crippen MR) is 132 cm³/mol. The molecule has 0 aliphatic heterocycles. The lowest BCUT2D eigenvalue weighted by molar-refractivity contribution is -0.141. The number of carbonyl (C=O) groups is 3. The summed E-state index contributed by atoms with van der Waals surface area (Å²) in [7, 11) is 0. The van der Waals surface area contributed by atoms with Gasteiger partial charge in [0.15, 0.2) is 0 Å². The molecule has 0 spiro atoms. The Hall–Kier alpha value is -3.52. The number of rotatable bonds is 8. The second kappa shape index (κ2) is 11.1. The van der Waals surface area contributed by atoms with Crippen LogP contribution in [0.15, 0.2) is 66.7 Å². The summed E-state index contributed by atoms with van der Waals surface area (Å²) >= 11 is 3.91. The number of hydrogen-bond acceptors (Lipinski definition) is 7. The van der Waals surface area contributed by atoms with Gasteiger partial charge in [-0.15, -0.1) is 0 Å². The van der Waals surface area contributed by atoms with Gasteiger partial charge in [0.25, 0.3) is 5.91 Å². The Morgan fingerprint density at radius 1 is 0.971 bits per heavy atom. The minimum absolute atomic E-state index is 0.0348. The molecule has 0 aliphatic rings. The number of amides is 2. The lowest BCUT2D eigenvalue weighted by Gasteiger charge is -2.34. The van der Waals surface area contributed by atoms with E-state index in [1.807, 2.05) is 26.0 Å². The Morgan fingerprint density at radius 2 is 1.62 bits per heavy atom. The van der Waals surface area contributed by atoms with E-state index in [0.717, 1.165) is 0 Å². The highest BCUT2D eigenvalue weighted by Crippen LogP contribution is 2.43. The van der Waals surface area contributed by atoms with Crippen molar-refractivity contribution in [3.05, 3.63) is 77.9 Å². The molecular weight excluding hydrogens is 454 g/mol. The number of nitrogens with one attached hydrogen (secondary N) is 1. The first kappa shape index (κ1) is 25.1. The first-order valence-corrected chi connectivity index (χ1v) is 11.4. The molecule has 1 atom stereocenters. The molecule has 3 aromatic rings. The summed E-state index contributed by atoms with van der Waals surface area (Å²) in [6.07, 6.45) is -1.36. The van der Waals surface area contributed by atoms with Gasteiger partial charge in [0, 0.05) is 21.9 Å². The topological polar surface area (TPSA) is 102 Å². The number of imide groups is 1. The third kappa shape index (κ3) is 6.08. The molecule has 0 saturated heterocycles. The molecule has 0 radical (unpaired) electrons. The second-order valence-corrected chi connectivity index (χ2v) is 8.76. The highest BCUT2D eigenvalue weighted by Gasteiger charge is 2.36. The number of ether oxygens (including phenoxy) is 2. The normalized spacial score (nSPS) is 12.1. The van der Waals surface area contributed by atoms with Crippen LogP contribution in [-0.2, 0) is 14.3 Å². The number of phenols is 1. The maximum absolute atomic E-state index is 12.8. The number of aromatic hydroxyl groups is 1. The Kier molecular flexibility index (Phi) is 8.17. The minimum atomic E-state index is -0.906. The highest BCUT2D eigenvalue weighted by atomic mass is 32.1. The van der Waals surface area contributed by atoms with Gasteiger partial charge in [0.2, 0.25) is 0 Å². The van der Waals surface area contributed by atoms with E-state index >= 15 is 0 Å². The molecule has 34 heavy (non-hydrogen) atoms. The average Bonchev–Trinajstić information content (AvgIpc) is 2.83. The Balaban J connectivity index is 1.91. The van der Waals surface area contributed by atoms with Gasteiger partial charge in [0.05, 0.1) is 12.4 Å². The fourth-order valence-electron chi connectivity index (χ4n) is 3.67. The SMILES string of the molecule is CC(C)(CCOC(=O)CS)[C@H](OC(=O)NC(=O)c1ccccc1)c1ccc(O)c2ccccc12. The largest absolute Gasteiger partial charge is 0.507 e. The summed E-state index contributed by atoms with van der Waals surface area (Å²) in [6, 6.07) is 18.8. The van der Waals surface area contributed by atoms with Crippen molar-refractivity contribution in [2.45, 2.75) is 26.4 Å². The fourth-order valence-corrected chi connectivity index (χ4v) is 3.77. The van der Waals surface area contributed by atoms with Crippen molar-refractivity contribution in [2.24, 2.45) is 5.41 Å². The molecule has 0 unspecified atom stereocenters. The molecule has 0 bridgehead atoms. The van der Waals surface area contributed by atoms with Crippen molar-refractivity contribution in [1.82, 2.24) is 5.32 Å². The number of carbonyl (C=O) groups excluding carboxylic acids is 3. The maximum atomic E-state index is 12.8. The van der Waals surface area contributed by atoms with Crippen LogP contribution in [0.4, 0.5) is 4.79 Å².